The summed E-state index contributed by atoms with van der Waals surface area (Å²) in [6, 6.07) is -0.372. The topological polar surface area (TPSA) is 43.1 Å². The van der Waals surface area contributed by atoms with E-state index in [0.717, 1.165) is 0 Å². The predicted octanol–water partition coefficient (Wildman–Crippen LogP) is 1.88. The zero-order valence-corrected chi connectivity index (χ0v) is 9.11. The van der Waals surface area contributed by atoms with Crippen LogP contribution in [-0.2, 0) is 4.79 Å². The van der Waals surface area contributed by atoms with E-state index in [1.165, 1.54) is 6.92 Å². The molecule has 0 bridgehead atoms. The van der Waals surface area contributed by atoms with Gasteiger partial charge in [0, 0.05) is 5.75 Å². The molecule has 0 rings (SSSR count). The lowest BCUT2D eigenvalue weighted by Gasteiger charge is -1.98. The molecule has 11 heavy (non-hydrogen) atoms. The van der Waals surface area contributed by atoms with E-state index in [2.05, 4.69) is 12.6 Å². The number of Topliss-reactive ketones (excluding diaryl/α,β-unsaturated/α-hetero) is 1. The number of hydrogen-bond donors (Lipinski definition) is 2. The first-order chi connectivity index (χ1) is 5.18. The highest BCUT2D eigenvalue weighted by atomic mass is 32.1. The molecule has 2 nitrogen and oxygen atoms in total. The summed E-state index contributed by atoms with van der Waals surface area (Å²) in [7, 11) is 0. The van der Waals surface area contributed by atoms with Crippen molar-refractivity contribution in [2.75, 3.05) is 5.75 Å². The van der Waals surface area contributed by atoms with Gasteiger partial charge in [-0.25, -0.2) is 0 Å². The van der Waals surface area contributed by atoms with Crippen LogP contribution in [-0.4, -0.2) is 17.6 Å². The largest absolute Gasteiger partial charge is 0.321 e. The Morgan fingerprint density at radius 1 is 1.36 bits per heavy atom. The Morgan fingerprint density at radius 3 is 1.64 bits per heavy atom. The van der Waals surface area contributed by atoms with Crippen molar-refractivity contribution in [3.8, 4) is 0 Å². The van der Waals surface area contributed by atoms with Crippen molar-refractivity contribution in [3.63, 3.8) is 0 Å². The number of thiol groups is 1. The molecule has 3 heteroatoms. The lowest BCUT2D eigenvalue weighted by molar-refractivity contribution is -0.117. The van der Waals surface area contributed by atoms with Crippen molar-refractivity contribution in [2.24, 2.45) is 5.73 Å². The van der Waals surface area contributed by atoms with E-state index in [1.807, 2.05) is 27.7 Å². The smallest absolute Gasteiger partial charge is 0.147 e. The molecular formula is C8H21NOS. The summed E-state index contributed by atoms with van der Waals surface area (Å²) in [4.78, 5) is 10.2. The van der Waals surface area contributed by atoms with E-state index in [4.69, 9.17) is 5.73 Å². The quantitative estimate of drug-likeness (QED) is 0.636. The minimum atomic E-state index is -0.372. The molecular weight excluding hydrogens is 158 g/mol. The SMILES string of the molecule is CC.CC.CC(=O)C(N)CS. The van der Waals surface area contributed by atoms with Gasteiger partial charge >= 0.3 is 0 Å². The van der Waals surface area contributed by atoms with Gasteiger partial charge in [0.05, 0.1) is 6.04 Å². The molecule has 0 aliphatic heterocycles. The normalized spacial score (nSPS) is 9.73. The van der Waals surface area contributed by atoms with Crippen LogP contribution >= 0.6 is 12.6 Å². The highest BCUT2D eigenvalue weighted by Gasteiger charge is 2.02. The molecule has 2 N–H and O–H groups in total. The van der Waals surface area contributed by atoms with Crippen LogP contribution in [0.15, 0.2) is 0 Å². The van der Waals surface area contributed by atoms with Gasteiger partial charge < -0.3 is 5.73 Å². The number of carbonyl (C=O) groups excluding carboxylic acids is 1. The van der Waals surface area contributed by atoms with Gasteiger partial charge in [0.15, 0.2) is 0 Å². The first kappa shape index (κ1) is 17.2. The minimum absolute atomic E-state index is 0.00463. The van der Waals surface area contributed by atoms with Crippen LogP contribution in [0, 0.1) is 0 Å². The van der Waals surface area contributed by atoms with E-state index in [9.17, 15) is 4.79 Å². The summed E-state index contributed by atoms with van der Waals surface area (Å²) in [5.41, 5.74) is 5.19. The Balaban J connectivity index is -0.000000138. The fraction of sp³-hybridized carbons (Fsp3) is 0.875. The summed E-state index contributed by atoms with van der Waals surface area (Å²) in [5, 5.41) is 0. The maximum absolute atomic E-state index is 10.2. The summed E-state index contributed by atoms with van der Waals surface area (Å²) in [6.45, 7) is 9.46. The van der Waals surface area contributed by atoms with Gasteiger partial charge in [-0.2, -0.15) is 12.6 Å². The number of nitrogens with two attached hydrogens (primary N) is 1. The Hall–Kier alpha value is -0.0200. The molecule has 0 amide bonds. The Kier molecular flexibility index (Phi) is 25.8. The first-order valence-electron chi connectivity index (χ1n) is 4.05. The molecule has 0 aromatic carbocycles. The van der Waals surface area contributed by atoms with E-state index < -0.39 is 0 Å². The number of hydrogen-bond acceptors (Lipinski definition) is 3. The second kappa shape index (κ2) is 16.5. The van der Waals surface area contributed by atoms with Gasteiger partial charge in [0.1, 0.15) is 5.78 Å². The second-order valence-corrected chi connectivity index (χ2v) is 1.76. The number of ketones is 1. The fourth-order valence-corrected chi connectivity index (χ4v) is 0.386. The number of rotatable bonds is 2. The van der Waals surface area contributed by atoms with Crippen LogP contribution in [0.1, 0.15) is 34.6 Å². The third-order valence-corrected chi connectivity index (χ3v) is 1.11. The first-order valence-corrected chi connectivity index (χ1v) is 4.68. The van der Waals surface area contributed by atoms with E-state index in [-0.39, 0.29) is 11.8 Å². The van der Waals surface area contributed by atoms with Gasteiger partial charge in [0.25, 0.3) is 0 Å². The van der Waals surface area contributed by atoms with Gasteiger partial charge in [-0.05, 0) is 6.92 Å². The molecule has 0 saturated carbocycles. The highest BCUT2D eigenvalue weighted by molar-refractivity contribution is 7.80. The van der Waals surface area contributed by atoms with Crippen molar-refractivity contribution < 1.29 is 4.79 Å². The maximum atomic E-state index is 10.2. The van der Waals surface area contributed by atoms with Crippen molar-refractivity contribution >= 4 is 18.4 Å². The van der Waals surface area contributed by atoms with E-state index in [0.29, 0.717) is 5.75 Å². The molecule has 70 valence electrons. The summed E-state index contributed by atoms with van der Waals surface area (Å²) < 4.78 is 0. The van der Waals surface area contributed by atoms with Crippen molar-refractivity contribution in [1.29, 1.82) is 0 Å². The lowest BCUT2D eigenvalue weighted by Crippen LogP contribution is -2.29. The molecule has 0 aromatic rings. The molecule has 0 saturated heterocycles. The molecule has 0 aromatic heterocycles. The molecule has 1 atom stereocenters. The Labute approximate surface area is 76.0 Å². The third-order valence-electron chi connectivity index (χ3n) is 0.719. The summed E-state index contributed by atoms with van der Waals surface area (Å²) in [5.74, 6) is 0.435. The van der Waals surface area contributed by atoms with E-state index >= 15 is 0 Å². The second-order valence-electron chi connectivity index (χ2n) is 1.40. The highest BCUT2D eigenvalue weighted by Crippen LogP contribution is 1.82. The zero-order chi connectivity index (χ0) is 9.86. The van der Waals surface area contributed by atoms with Crippen LogP contribution in [0.25, 0.3) is 0 Å². The summed E-state index contributed by atoms with van der Waals surface area (Å²) in [6.07, 6.45) is 0. The summed E-state index contributed by atoms with van der Waals surface area (Å²) >= 11 is 3.81. The Bertz CT molecular complexity index is 76.5. The van der Waals surface area contributed by atoms with Crippen LogP contribution in [0.2, 0.25) is 0 Å². The van der Waals surface area contributed by atoms with Gasteiger partial charge in [-0.1, -0.05) is 27.7 Å². The molecule has 0 radical (unpaired) electrons. The maximum Gasteiger partial charge on any atom is 0.147 e. The number of carbonyl (C=O) groups is 1. The average Bonchev–Trinajstić information content (AvgIpc) is 2.10. The van der Waals surface area contributed by atoms with Crippen LogP contribution in [0.3, 0.4) is 0 Å². The standard InChI is InChI=1S/C4H9NOS.2C2H6/c1-3(6)4(5)2-7;2*1-2/h4,7H,2,5H2,1H3;2*1-2H3. The fourth-order valence-electron chi connectivity index (χ4n) is 0.129. The molecule has 0 spiro atoms. The van der Waals surface area contributed by atoms with Crippen LogP contribution in [0.5, 0.6) is 0 Å². The molecule has 1 unspecified atom stereocenters. The van der Waals surface area contributed by atoms with Crippen molar-refractivity contribution in [2.45, 2.75) is 40.7 Å². The zero-order valence-electron chi connectivity index (χ0n) is 8.22. The monoisotopic (exact) mass is 179 g/mol. The van der Waals surface area contributed by atoms with E-state index in [1.54, 1.807) is 0 Å². The lowest BCUT2D eigenvalue weighted by atomic mass is 10.3. The van der Waals surface area contributed by atoms with Gasteiger partial charge in [0.2, 0.25) is 0 Å². The van der Waals surface area contributed by atoms with Crippen molar-refractivity contribution in [1.82, 2.24) is 0 Å². The van der Waals surface area contributed by atoms with Gasteiger partial charge in [-0.15, -0.1) is 0 Å². The molecule has 0 heterocycles. The molecule has 0 fully saturated rings. The molecule has 0 aliphatic rings. The van der Waals surface area contributed by atoms with Crippen LogP contribution in [0.4, 0.5) is 0 Å². The molecule has 0 aliphatic carbocycles. The third kappa shape index (κ3) is 17.8. The average molecular weight is 179 g/mol. The Morgan fingerprint density at radius 2 is 1.64 bits per heavy atom. The predicted molar refractivity (Wildman–Crippen MR) is 55.2 cm³/mol. The van der Waals surface area contributed by atoms with Gasteiger partial charge in [-0.3, -0.25) is 4.79 Å². The van der Waals surface area contributed by atoms with Crippen molar-refractivity contribution in [3.05, 3.63) is 0 Å². The van der Waals surface area contributed by atoms with Crippen LogP contribution < -0.4 is 5.73 Å². The minimum Gasteiger partial charge on any atom is -0.321 e.